The van der Waals surface area contributed by atoms with Gasteiger partial charge in [-0.15, -0.1) is 0 Å². The molecule has 0 spiro atoms. The maximum Gasteiger partial charge on any atom is 0.313 e. The van der Waals surface area contributed by atoms with Gasteiger partial charge in [0.15, 0.2) is 0 Å². The molecule has 5 heteroatoms. The fraction of sp³-hybridized carbons (Fsp3) is 0.333. The van der Waals surface area contributed by atoms with E-state index in [1.54, 1.807) is 24.3 Å². The molecule has 5 nitrogen and oxygen atoms in total. The first kappa shape index (κ1) is 13.2. The summed E-state index contributed by atoms with van der Waals surface area (Å²) in [6.45, 7) is 1.44. The van der Waals surface area contributed by atoms with Gasteiger partial charge in [-0.25, -0.2) is 0 Å². The Morgan fingerprint density at radius 1 is 1.41 bits per heavy atom. The third kappa shape index (κ3) is 3.57. The topological polar surface area (TPSA) is 75.6 Å². The summed E-state index contributed by atoms with van der Waals surface area (Å²) in [5, 5.41) is 11.7. The summed E-state index contributed by atoms with van der Waals surface area (Å²) in [5.41, 5.74) is 1.04. The second-order valence-corrected chi connectivity index (χ2v) is 3.61. The number of carboxylic acid groups (broad SMARTS) is 1. The van der Waals surface area contributed by atoms with Crippen LogP contribution in [0.5, 0.6) is 0 Å². The lowest BCUT2D eigenvalue weighted by Gasteiger charge is -2.16. The van der Waals surface area contributed by atoms with Crippen molar-refractivity contribution in [2.75, 3.05) is 19.0 Å². The number of ether oxygens (including phenoxy) is 1. The molecule has 0 saturated heterocycles. The fourth-order valence-corrected chi connectivity index (χ4v) is 1.57. The average molecular weight is 237 g/mol. The van der Waals surface area contributed by atoms with Crippen LogP contribution in [-0.2, 0) is 14.3 Å². The van der Waals surface area contributed by atoms with Gasteiger partial charge in [0.05, 0.1) is 6.61 Å². The van der Waals surface area contributed by atoms with E-state index in [1.807, 2.05) is 0 Å². The van der Waals surface area contributed by atoms with E-state index >= 15 is 0 Å². The van der Waals surface area contributed by atoms with Gasteiger partial charge in [0.2, 0.25) is 5.91 Å². The zero-order valence-electron chi connectivity index (χ0n) is 9.77. The highest BCUT2D eigenvalue weighted by Gasteiger charge is 2.22. The van der Waals surface area contributed by atoms with Crippen molar-refractivity contribution in [3.63, 3.8) is 0 Å². The van der Waals surface area contributed by atoms with Crippen molar-refractivity contribution in [2.45, 2.75) is 12.8 Å². The van der Waals surface area contributed by atoms with Gasteiger partial charge in [-0.3, -0.25) is 9.59 Å². The number of nitrogens with one attached hydrogen (secondary N) is 1. The Labute approximate surface area is 99.4 Å². The molecule has 1 aromatic rings. The Bertz CT molecular complexity index is 417. The zero-order chi connectivity index (χ0) is 12.8. The molecular formula is C12H15NO4. The number of hydrogen-bond donors (Lipinski definition) is 2. The molecule has 0 aliphatic rings. The Morgan fingerprint density at radius 2 is 2.06 bits per heavy atom. The smallest absolute Gasteiger partial charge is 0.313 e. The van der Waals surface area contributed by atoms with Crippen molar-refractivity contribution in [1.29, 1.82) is 0 Å². The number of anilines is 1. The summed E-state index contributed by atoms with van der Waals surface area (Å²) in [4.78, 5) is 22.2. The molecule has 1 aromatic carbocycles. The van der Waals surface area contributed by atoms with Gasteiger partial charge in [0, 0.05) is 19.7 Å². The summed E-state index contributed by atoms with van der Waals surface area (Å²) in [7, 11) is 1.44. The van der Waals surface area contributed by atoms with E-state index in [-0.39, 0.29) is 12.5 Å². The SMILES string of the molecule is COCC(C(=O)O)c1ccccc1NC(C)=O. The highest BCUT2D eigenvalue weighted by atomic mass is 16.5. The minimum absolute atomic E-state index is 0.0614. The van der Waals surface area contributed by atoms with E-state index < -0.39 is 11.9 Å². The number of carbonyl (C=O) groups is 2. The maximum atomic E-state index is 11.1. The summed E-state index contributed by atoms with van der Waals surface area (Å²) in [5.74, 6) is -2.01. The Balaban J connectivity index is 3.08. The summed E-state index contributed by atoms with van der Waals surface area (Å²) < 4.78 is 4.89. The number of benzene rings is 1. The van der Waals surface area contributed by atoms with Crippen molar-refractivity contribution in [2.24, 2.45) is 0 Å². The lowest BCUT2D eigenvalue weighted by Crippen LogP contribution is -2.19. The number of carbonyl (C=O) groups excluding carboxylic acids is 1. The first-order chi connectivity index (χ1) is 8.06. The molecule has 0 bridgehead atoms. The fourth-order valence-electron chi connectivity index (χ4n) is 1.57. The van der Waals surface area contributed by atoms with Gasteiger partial charge >= 0.3 is 5.97 Å². The number of hydrogen-bond acceptors (Lipinski definition) is 3. The molecule has 92 valence electrons. The molecule has 0 aliphatic heterocycles. The molecule has 0 fully saturated rings. The Kier molecular flexibility index (Phi) is 4.66. The molecule has 0 aromatic heterocycles. The van der Waals surface area contributed by atoms with Crippen LogP contribution in [0.4, 0.5) is 5.69 Å². The first-order valence-corrected chi connectivity index (χ1v) is 5.14. The molecule has 0 radical (unpaired) electrons. The predicted molar refractivity (Wildman–Crippen MR) is 63.0 cm³/mol. The molecule has 2 N–H and O–H groups in total. The second kappa shape index (κ2) is 6.00. The highest BCUT2D eigenvalue weighted by Crippen LogP contribution is 2.25. The molecule has 1 amide bonds. The van der Waals surface area contributed by atoms with Gasteiger partial charge < -0.3 is 15.2 Å². The molecule has 0 aliphatic carbocycles. The van der Waals surface area contributed by atoms with Crippen LogP contribution < -0.4 is 5.32 Å². The summed E-state index contributed by atoms with van der Waals surface area (Å²) >= 11 is 0. The molecule has 1 unspecified atom stereocenters. The van der Waals surface area contributed by atoms with Gasteiger partial charge in [-0.05, 0) is 11.6 Å². The standard InChI is InChI=1S/C12H15NO4/c1-8(14)13-11-6-4-3-5-9(11)10(7-17-2)12(15)16/h3-6,10H,7H2,1-2H3,(H,13,14)(H,15,16). The lowest BCUT2D eigenvalue weighted by molar-refractivity contribution is -0.140. The first-order valence-electron chi connectivity index (χ1n) is 5.14. The minimum Gasteiger partial charge on any atom is -0.481 e. The number of aliphatic carboxylic acids is 1. The van der Waals surface area contributed by atoms with Crippen LogP contribution in [0, 0.1) is 0 Å². The van der Waals surface area contributed by atoms with Gasteiger partial charge in [-0.2, -0.15) is 0 Å². The number of carboxylic acids is 1. The lowest BCUT2D eigenvalue weighted by atomic mass is 9.98. The van der Waals surface area contributed by atoms with Crippen molar-refractivity contribution in [3.8, 4) is 0 Å². The summed E-state index contributed by atoms with van der Waals surface area (Å²) in [6.07, 6.45) is 0. The minimum atomic E-state index is -0.982. The zero-order valence-corrected chi connectivity index (χ0v) is 9.77. The molecule has 0 heterocycles. The van der Waals surface area contributed by atoms with Crippen molar-refractivity contribution < 1.29 is 19.4 Å². The van der Waals surface area contributed by atoms with Crippen LogP contribution in [-0.4, -0.2) is 30.7 Å². The van der Waals surface area contributed by atoms with Gasteiger partial charge in [0.25, 0.3) is 0 Å². The predicted octanol–water partition coefficient (Wildman–Crippen LogP) is 1.46. The molecule has 0 saturated carbocycles. The van der Waals surface area contributed by atoms with Gasteiger partial charge in [-0.1, -0.05) is 18.2 Å². The van der Waals surface area contributed by atoms with E-state index in [0.717, 1.165) is 0 Å². The average Bonchev–Trinajstić information content (AvgIpc) is 2.26. The maximum absolute atomic E-state index is 11.1. The monoisotopic (exact) mass is 237 g/mol. The van der Waals surface area contributed by atoms with Gasteiger partial charge in [0.1, 0.15) is 5.92 Å². The Morgan fingerprint density at radius 3 is 2.59 bits per heavy atom. The summed E-state index contributed by atoms with van der Waals surface area (Å²) in [6, 6.07) is 6.80. The molecular weight excluding hydrogens is 222 g/mol. The van der Waals surface area contributed by atoms with Crippen LogP contribution >= 0.6 is 0 Å². The number of para-hydroxylation sites is 1. The van der Waals surface area contributed by atoms with Crippen LogP contribution in [0.15, 0.2) is 24.3 Å². The molecule has 1 rings (SSSR count). The molecule has 1 atom stereocenters. The quantitative estimate of drug-likeness (QED) is 0.812. The van der Waals surface area contributed by atoms with Crippen molar-refractivity contribution in [1.82, 2.24) is 0 Å². The van der Waals surface area contributed by atoms with E-state index in [2.05, 4.69) is 5.32 Å². The van der Waals surface area contributed by atoms with E-state index in [9.17, 15) is 9.59 Å². The normalized spacial score (nSPS) is 11.9. The van der Waals surface area contributed by atoms with E-state index in [1.165, 1.54) is 14.0 Å². The third-order valence-corrected chi connectivity index (χ3v) is 2.28. The van der Waals surface area contributed by atoms with Crippen LogP contribution in [0.25, 0.3) is 0 Å². The van der Waals surface area contributed by atoms with E-state index in [4.69, 9.17) is 9.84 Å². The van der Waals surface area contributed by atoms with Crippen LogP contribution in [0.1, 0.15) is 18.4 Å². The van der Waals surface area contributed by atoms with Crippen LogP contribution in [0.3, 0.4) is 0 Å². The number of rotatable bonds is 5. The Hall–Kier alpha value is -1.88. The largest absolute Gasteiger partial charge is 0.481 e. The van der Waals surface area contributed by atoms with Crippen LogP contribution in [0.2, 0.25) is 0 Å². The number of methoxy groups -OCH3 is 1. The molecule has 17 heavy (non-hydrogen) atoms. The van der Waals surface area contributed by atoms with Crippen molar-refractivity contribution in [3.05, 3.63) is 29.8 Å². The highest BCUT2D eigenvalue weighted by molar-refractivity contribution is 5.91. The van der Waals surface area contributed by atoms with Crippen molar-refractivity contribution >= 4 is 17.6 Å². The third-order valence-electron chi connectivity index (χ3n) is 2.28. The second-order valence-electron chi connectivity index (χ2n) is 3.61. The number of amides is 1. The van der Waals surface area contributed by atoms with E-state index in [0.29, 0.717) is 11.3 Å².